The average molecular weight is 280 g/mol. The van der Waals surface area contributed by atoms with Crippen LogP contribution in [-0.2, 0) is 6.18 Å². The van der Waals surface area contributed by atoms with E-state index in [2.05, 4.69) is 5.32 Å². The Morgan fingerprint density at radius 2 is 2.05 bits per heavy atom. The maximum absolute atomic E-state index is 12.7. The zero-order chi connectivity index (χ0) is 14.6. The Morgan fingerprint density at radius 3 is 2.53 bits per heavy atom. The highest BCUT2D eigenvalue weighted by molar-refractivity contribution is 5.57. The molecule has 0 radical (unpaired) electrons. The van der Waals surface area contributed by atoms with Crippen molar-refractivity contribution in [3.8, 4) is 0 Å². The first kappa shape index (κ1) is 15.2. The summed E-state index contributed by atoms with van der Waals surface area (Å²) in [5, 5.41) is 30.3. The van der Waals surface area contributed by atoms with Crippen LogP contribution >= 0.6 is 0 Å². The molecule has 0 heterocycles. The van der Waals surface area contributed by atoms with Crippen molar-refractivity contribution in [1.29, 1.82) is 0 Å². The number of aliphatic hydroxyl groups excluding tert-OH is 2. The number of hydrogen-bond acceptors (Lipinski definition) is 5. The van der Waals surface area contributed by atoms with Crippen LogP contribution in [-0.4, -0.2) is 34.4 Å². The monoisotopic (exact) mass is 280 g/mol. The van der Waals surface area contributed by atoms with Gasteiger partial charge in [-0.2, -0.15) is 13.2 Å². The van der Waals surface area contributed by atoms with Gasteiger partial charge in [0.25, 0.3) is 5.69 Å². The lowest BCUT2D eigenvalue weighted by atomic mass is 10.1. The van der Waals surface area contributed by atoms with Gasteiger partial charge in [0.2, 0.25) is 0 Å². The number of rotatable bonds is 5. The molecule has 1 atom stereocenters. The number of nitrogens with one attached hydrogen (secondary N) is 1. The van der Waals surface area contributed by atoms with Crippen molar-refractivity contribution in [1.82, 2.24) is 0 Å². The van der Waals surface area contributed by atoms with Crippen LogP contribution in [0.2, 0.25) is 0 Å². The molecule has 0 fully saturated rings. The lowest BCUT2D eigenvalue weighted by molar-refractivity contribution is -0.385. The van der Waals surface area contributed by atoms with Crippen LogP contribution in [0.15, 0.2) is 18.2 Å². The Kier molecular flexibility index (Phi) is 4.67. The number of anilines is 1. The summed E-state index contributed by atoms with van der Waals surface area (Å²) in [6, 6.07) is 2.24. The first-order chi connectivity index (χ1) is 8.75. The second kappa shape index (κ2) is 5.85. The van der Waals surface area contributed by atoms with Gasteiger partial charge in [-0.15, -0.1) is 0 Å². The van der Waals surface area contributed by atoms with Gasteiger partial charge in [-0.05, 0) is 6.07 Å². The van der Waals surface area contributed by atoms with Crippen LogP contribution in [0.5, 0.6) is 0 Å². The van der Waals surface area contributed by atoms with Gasteiger partial charge in [-0.3, -0.25) is 10.1 Å². The summed E-state index contributed by atoms with van der Waals surface area (Å²) in [5.41, 5.74) is -2.28. The predicted octanol–water partition coefficient (Wildman–Crippen LogP) is 1.38. The highest BCUT2D eigenvalue weighted by Crippen LogP contribution is 2.36. The van der Waals surface area contributed by atoms with Crippen molar-refractivity contribution in [2.24, 2.45) is 0 Å². The average Bonchev–Trinajstić information content (AvgIpc) is 2.34. The summed E-state index contributed by atoms with van der Waals surface area (Å²) in [6.07, 6.45) is -5.99. The summed E-state index contributed by atoms with van der Waals surface area (Å²) in [6.45, 7) is -0.918. The fourth-order valence-electron chi connectivity index (χ4n) is 1.33. The molecule has 19 heavy (non-hydrogen) atoms. The number of benzene rings is 1. The van der Waals surface area contributed by atoms with E-state index in [1.807, 2.05) is 0 Å². The molecule has 3 N–H and O–H groups in total. The smallest absolute Gasteiger partial charge is 0.394 e. The Bertz CT molecular complexity index is 465. The fraction of sp³-hybridized carbons (Fsp3) is 0.400. The van der Waals surface area contributed by atoms with Gasteiger partial charge in [0, 0.05) is 24.4 Å². The van der Waals surface area contributed by atoms with E-state index < -0.39 is 40.7 Å². The molecular formula is C10H11F3N2O4. The van der Waals surface area contributed by atoms with E-state index in [0.717, 1.165) is 12.1 Å². The number of alkyl halides is 3. The van der Waals surface area contributed by atoms with Crippen molar-refractivity contribution in [3.63, 3.8) is 0 Å². The van der Waals surface area contributed by atoms with Gasteiger partial charge in [-0.25, -0.2) is 0 Å². The molecule has 0 bridgehead atoms. The number of halogens is 3. The third-order valence-corrected chi connectivity index (χ3v) is 2.26. The molecule has 1 aromatic rings. The third-order valence-electron chi connectivity index (χ3n) is 2.26. The second-order valence-corrected chi connectivity index (χ2v) is 3.70. The van der Waals surface area contributed by atoms with Gasteiger partial charge in [0.15, 0.2) is 0 Å². The minimum absolute atomic E-state index is 0.308. The zero-order valence-electron chi connectivity index (χ0n) is 9.52. The molecule has 9 heteroatoms. The quantitative estimate of drug-likeness (QED) is 0.559. The highest BCUT2D eigenvalue weighted by atomic mass is 19.4. The van der Waals surface area contributed by atoms with Gasteiger partial charge in [-0.1, -0.05) is 0 Å². The molecule has 1 rings (SSSR count). The van der Waals surface area contributed by atoms with Crippen molar-refractivity contribution < 1.29 is 28.3 Å². The van der Waals surface area contributed by atoms with E-state index in [4.69, 9.17) is 10.2 Å². The number of nitrogens with zero attached hydrogens (tertiary/aromatic N) is 1. The molecular weight excluding hydrogens is 269 g/mol. The molecule has 0 amide bonds. The minimum Gasteiger partial charge on any atom is -0.394 e. The standard InChI is InChI=1S/C10H11F3N2O4/c11-10(12,13)8-3-6(15(18)19)1-2-9(8)14-4-7(17)5-16/h1-3,7,14,16-17H,4-5H2. The van der Waals surface area contributed by atoms with E-state index in [1.165, 1.54) is 0 Å². The largest absolute Gasteiger partial charge is 0.418 e. The van der Waals surface area contributed by atoms with Crippen molar-refractivity contribution >= 4 is 11.4 Å². The molecule has 0 saturated carbocycles. The molecule has 0 aliphatic heterocycles. The SMILES string of the molecule is O=[N+]([O-])c1ccc(NCC(O)CO)c(C(F)(F)F)c1. The Labute approximate surface area is 105 Å². The molecule has 1 unspecified atom stereocenters. The molecule has 6 nitrogen and oxygen atoms in total. The maximum atomic E-state index is 12.7. The van der Waals surface area contributed by atoms with E-state index in [-0.39, 0.29) is 6.54 Å². The lowest BCUT2D eigenvalue weighted by Crippen LogP contribution is -2.24. The van der Waals surface area contributed by atoms with Crippen LogP contribution in [0.4, 0.5) is 24.5 Å². The van der Waals surface area contributed by atoms with Gasteiger partial charge >= 0.3 is 6.18 Å². The van der Waals surface area contributed by atoms with E-state index in [1.54, 1.807) is 0 Å². The van der Waals surface area contributed by atoms with Crippen LogP contribution in [0.25, 0.3) is 0 Å². The Morgan fingerprint density at radius 1 is 1.42 bits per heavy atom. The topological polar surface area (TPSA) is 95.6 Å². The summed E-state index contributed by atoms with van der Waals surface area (Å²) in [7, 11) is 0. The van der Waals surface area contributed by atoms with E-state index in [9.17, 15) is 23.3 Å². The van der Waals surface area contributed by atoms with Crippen LogP contribution in [0, 0.1) is 10.1 Å². The van der Waals surface area contributed by atoms with Crippen LogP contribution in [0.3, 0.4) is 0 Å². The van der Waals surface area contributed by atoms with Crippen molar-refractivity contribution in [2.75, 3.05) is 18.5 Å². The minimum atomic E-state index is -4.77. The fourth-order valence-corrected chi connectivity index (χ4v) is 1.33. The van der Waals surface area contributed by atoms with E-state index in [0.29, 0.717) is 6.07 Å². The van der Waals surface area contributed by atoms with Gasteiger partial charge in [0.1, 0.15) is 0 Å². The maximum Gasteiger partial charge on any atom is 0.418 e. The number of nitro groups is 1. The Hall–Kier alpha value is -1.87. The number of nitro benzene ring substituents is 1. The van der Waals surface area contributed by atoms with Gasteiger partial charge in [0.05, 0.1) is 23.2 Å². The Balaban J connectivity index is 3.06. The second-order valence-electron chi connectivity index (χ2n) is 3.70. The summed E-state index contributed by atoms with van der Waals surface area (Å²) >= 11 is 0. The van der Waals surface area contributed by atoms with Crippen LogP contribution in [0.1, 0.15) is 5.56 Å². The molecule has 0 aromatic heterocycles. The summed E-state index contributed by atoms with van der Waals surface area (Å²) in [4.78, 5) is 9.52. The summed E-state index contributed by atoms with van der Waals surface area (Å²) in [5.74, 6) is 0. The normalized spacial score (nSPS) is 13.1. The number of hydrogen-bond donors (Lipinski definition) is 3. The summed E-state index contributed by atoms with van der Waals surface area (Å²) < 4.78 is 38.2. The highest BCUT2D eigenvalue weighted by Gasteiger charge is 2.35. The lowest BCUT2D eigenvalue weighted by Gasteiger charge is -2.15. The van der Waals surface area contributed by atoms with Crippen molar-refractivity contribution in [3.05, 3.63) is 33.9 Å². The van der Waals surface area contributed by atoms with E-state index >= 15 is 0 Å². The third kappa shape index (κ3) is 4.07. The number of non-ortho nitro benzene ring substituents is 1. The molecule has 0 saturated heterocycles. The zero-order valence-corrected chi connectivity index (χ0v) is 9.52. The number of aliphatic hydroxyl groups is 2. The molecule has 0 aliphatic carbocycles. The molecule has 1 aromatic carbocycles. The molecule has 0 spiro atoms. The molecule has 0 aliphatic rings. The predicted molar refractivity (Wildman–Crippen MR) is 59.7 cm³/mol. The van der Waals surface area contributed by atoms with Gasteiger partial charge < -0.3 is 15.5 Å². The first-order valence-electron chi connectivity index (χ1n) is 5.14. The first-order valence-corrected chi connectivity index (χ1v) is 5.14. The van der Waals surface area contributed by atoms with Crippen molar-refractivity contribution in [2.45, 2.75) is 12.3 Å². The molecule has 106 valence electrons. The van der Waals surface area contributed by atoms with Crippen LogP contribution < -0.4 is 5.32 Å².